The zero-order valence-corrected chi connectivity index (χ0v) is 13.4. The molecule has 22 heavy (non-hydrogen) atoms. The van der Waals surface area contributed by atoms with Crippen molar-refractivity contribution in [3.63, 3.8) is 0 Å². The SMILES string of the molecule is CCS(=O)(=O)Nc1ccccc1C(=O)N(C)CCCC(=O)O. The van der Waals surface area contributed by atoms with E-state index in [1.807, 2.05) is 0 Å². The van der Waals surface area contributed by atoms with E-state index in [4.69, 9.17) is 5.11 Å². The Hall–Kier alpha value is -2.09. The number of nitrogens with zero attached hydrogens (tertiary/aromatic N) is 1. The highest BCUT2D eigenvalue weighted by Gasteiger charge is 2.18. The van der Waals surface area contributed by atoms with Crippen LogP contribution in [0.5, 0.6) is 0 Å². The molecular weight excluding hydrogens is 308 g/mol. The Morgan fingerprint density at radius 3 is 2.50 bits per heavy atom. The number of para-hydroxylation sites is 1. The number of rotatable bonds is 8. The van der Waals surface area contributed by atoms with Gasteiger partial charge >= 0.3 is 5.97 Å². The first kappa shape index (κ1) is 18.0. The molecular formula is C14H20N2O5S. The summed E-state index contributed by atoms with van der Waals surface area (Å²) >= 11 is 0. The van der Waals surface area contributed by atoms with Crippen LogP contribution in [-0.4, -0.2) is 49.6 Å². The summed E-state index contributed by atoms with van der Waals surface area (Å²) in [6.07, 6.45) is 0.308. The second-order valence-electron chi connectivity index (χ2n) is 4.78. The van der Waals surface area contributed by atoms with Gasteiger partial charge in [0, 0.05) is 20.0 Å². The van der Waals surface area contributed by atoms with Crippen LogP contribution < -0.4 is 4.72 Å². The Labute approximate surface area is 130 Å². The molecule has 1 aromatic carbocycles. The van der Waals surface area contributed by atoms with E-state index in [1.165, 1.54) is 24.0 Å². The summed E-state index contributed by atoms with van der Waals surface area (Å²) in [5.41, 5.74) is 0.455. The van der Waals surface area contributed by atoms with E-state index in [9.17, 15) is 18.0 Å². The largest absolute Gasteiger partial charge is 0.481 e. The zero-order chi connectivity index (χ0) is 16.8. The Bertz CT molecular complexity index is 642. The number of carboxylic acid groups (broad SMARTS) is 1. The lowest BCUT2D eigenvalue weighted by Crippen LogP contribution is -2.29. The average molecular weight is 328 g/mol. The molecule has 0 saturated heterocycles. The number of sulfonamides is 1. The third-order valence-corrected chi connectivity index (χ3v) is 4.32. The lowest BCUT2D eigenvalue weighted by atomic mass is 10.1. The van der Waals surface area contributed by atoms with Gasteiger partial charge in [-0.2, -0.15) is 0 Å². The molecule has 0 aromatic heterocycles. The Morgan fingerprint density at radius 2 is 1.91 bits per heavy atom. The first-order chi connectivity index (χ1) is 10.3. The smallest absolute Gasteiger partial charge is 0.303 e. The molecule has 8 heteroatoms. The lowest BCUT2D eigenvalue weighted by Gasteiger charge is -2.19. The van der Waals surface area contributed by atoms with Crippen molar-refractivity contribution in [1.82, 2.24) is 4.90 Å². The van der Waals surface area contributed by atoms with Gasteiger partial charge in [-0.1, -0.05) is 12.1 Å². The van der Waals surface area contributed by atoms with E-state index >= 15 is 0 Å². The highest BCUT2D eigenvalue weighted by molar-refractivity contribution is 7.92. The topological polar surface area (TPSA) is 104 Å². The number of anilines is 1. The third-order valence-electron chi connectivity index (χ3n) is 3.03. The summed E-state index contributed by atoms with van der Waals surface area (Å²) in [5, 5.41) is 8.60. The highest BCUT2D eigenvalue weighted by atomic mass is 32.2. The summed E-state index contributed by atoms with van der Waals surface area (Å²) in [5.74, 6) is -1.37. The summed E-state index contributed by atoms with van der Waals surface area (Å²) in [7, 11) is -1.93. The minimum Gasteiger partial charge on any atom is -0.481 e. The fourth-order valence-electron chi connectivity index (χ4n) is 1.77. The van der Waals surface area contributed by atoms with Gasteiger partial charge in [-0.3, -0.25) is 14.3 Å². The Kier molecular flexibility index (Phi) is 6.36. The molecule has 0 aliphatic rings. The van der Waals surface area contributed by atoms with E-state index in [2.05, 4.69) is 4.72 Å². The van der Waals surface area contributed by atoms with E-state index in [0.717, 1.165) is 0 Å². The molecule has 1 aromatic rings. The van der Waals surface area contributed by atoms with Crippen LogP contribution in [0.15, 0.2) is 24.3 Å². The van der Waals surface area contributed by atoms with Crippen LogP contribution in [0.3, 0.4) is 0 Å². The van der Waals surface area contributed by atoms with Crippen molar-refractivity contribution in [2.45, 2.75) is 19.8 Å². The monoisotopic (exact) mass is 328 g/mol. The number of hydrogen-bond donors (Lipinski definition) is 2. The van der Waals surface area contributed by atoms with Gasteiger partial charge in [0.25, 0.3) is 5.91 Å². The molecule has 0 radical (unpaired) electrons. The van der Waals surface area contributed by atoms with Gasteiger partial charge in [-0.25, -0.2) is 8.42 Å². The van der Waals surface area contributed by atoms with Gasteiger partial charge in [-0.05, 0) is 25.5 Å². The van der Waals surface area contributed by atoms with Crippen LogP contribution in [0.25, 0.3) is 0 Å². The van der Waals surface area contributed by atoms with Crippen LogP contribution in [0.4, 0.5) is 5.69 Å². The minimum absolute atomic E-state index is 0.0261. The van der Waals surface area contributed by atoms with E-state index in [0.29, 0.717) is 6.42 Å². The van der Waals surface area contributed by atoms with Crippen molar-refractivity contribution in [3.05, 3.63) is 29.8 Å². The number of hydrogen-bond acceptors (Lipinski definition) is 4. The quantitative estimate of drug-likeness (QED) is 0.750. The maximum atomic E-state index is 12.4. The predicted octanol–water partition coefficient (Wildman–Crippen LogP) is 1.39. The van der Waals surface area contributed by atoms with Gasteiger partial charge in [0.05, 0.1) is 17.0 Å². The van der Waals surface area contributed by atoms with Crippen molar-refractivity contribution in [1.29, 1.82) is 0 Å². The van der Waals surface area contributed by atoms with Crippen LogP contribution in [0.2, 0.25) is 0 Å². The first-order valence-electron chi connectivity index (χ1n) is 6.83. The molecule has 7 nitrogen and oxygen atoms in total. The normalized spacial score (nSPS) is 11.0. The average Bonchev–Trinajstić information content (AvgIpc) is 2.46. The number of carboxylic acids is 1. The lowest BCUT2D eigenvalue weighted by molar-refractivity contribution is -0.137. The van der Waals surface area contributed by atoms with Crippen molar-refractivity contribution < 1.29 is 23.1 Å². The molecule has 0 unspecified atom stereocenters. The van der Waals surface area contributed by atoms with Crippen molar-refractivity contribution in [2.24, 2.45) is 0 Å². The summed E-state index contributed by atoms with van der Waals surface area (Å²) in [6, 6.07) is 6.33. The van der Waals surface area contributed by atoms with Crippen LogP contribution in [0, 0.1) is 0 Å². The van der Waals surface area contributed by atoms with Crippen molar-refractivity contribution >= 4 is 27.6 Å². The second-order valence-corrected chi connectivity index (χ2v) is 6.79. The predicted molar refractivity (Wildman–Crippen MR) is 83.4 cm³/mol. The minimum atomic E-state index is -3.48. The molecule has 122 valence electrons. The molecule has 0 fully saturated rings. The number of aliphatic carboxylic acids is 1. The number of carbonyl (C=O) groups excluding carboxylic acids is 1. The van der Waals surface area contributed by atoms with Crippen LogP contribution in [-0.2, 0) is 14.8 Å². The highest BCUT2D eigenvalue weighted by Crippen LogP contribution is 2.18. The Morgan fingerprint density at radius 1 is 1.27 bits per heavy atom. The summed E-state index contributed by atoms with van der Waals surface area (Å²) in [6.45, 7) is 1.78. The number of nitrogens with one attached hydrogen (secondary N) is 1. The van der Waals surface area contributed by atoms with E-state index in [-0.39, 0.29) is 35.9 Å². The molecule has 0 aliphatic heterocycles. The third kappa shape index (κ3) is 5.36. The maximum Gasteiger partial charge on any atom is 0.303 e. The maximum absolute atomic E-state index is 12.4. The number of amides is 1. The van der Waals surface area contributed by atoms with E-state index in [1.54, 1.807) is 19.2 Å². The fourth-order valence-corrected chi connectivity index (χ4v) is 2.43. The van der Waals surface area contributed by atoms with Crippen LogP contribution in [0.1, 0.15) is 30.1 Å². The summed E-state index contributed by atoms with van der Waals surface area (Å²) in [4.78, 5) is 24.2. The van der Waals surface area contributed by atoms with Gasteiger partial charge in [0.2, 0.25) is 10.0 Å². The molecule has 0 bridgehead atoms. The fraction of sp³-hybridized carbons (Fsp3) is 0.429. The summed E-state index contributed by atoms with van der Waals surface area (Å²) < 4.78 is 25.7. The Balaban J connectivity index is 2.87. The molecule has 1 amide bonds. The molecule has 2 N–H and O–H groups in total. The molecule has 0 heterocycles. The first-order valence-corrected chi connectivity index (χ1v) is 8.49. The van der Waals surface area contributed by atoms with Gasteiger partial charge in [-0.15, -0.1) is 0 Å². The molecule has 0 saturated carbocycles. The van der Waals surface area contributed by atoms with Gasteiger partial charge < -0.3 is 10.0 Å². The number of carbonyl (C=O) groups is 2. The van der Waals surface area contributed by atoms with Crippen LogP contribution >= 0.6 is 0 Å². The van der Waals surface area contributed by atoms with Gasteiger partial charge in [0.1, 0.15) is 0 Å². The molecule has 0 spiro atoms. The van der Waals surface area contributed by atoms with E-state index < -0.39 is 16.0 Å². The van der Waals surface area contributed by atoms with Crippen molar-refractivity contribution in [3.8, 4) is 0 Å². The number of benzene rings is 1. The standard InChI is InChI=1S/C14H20N2O5S/c1-3-22(20,21)15-12-8-5-4-7-11(12)14(19)16(2)10-6-9-13(17)18/h4-5,7-8,15H,3,6,9-10H2,1-2H3,(H,17,18). The van der Waals surface area contributed by atoms with Crippen molar-refractivity contribution in [2.75, 3.05) is 24.1 Å². The van der Waals surface area contributed by atoms with Gasteiger partial charge in [0.15, 0.2) is 0 Å². The second kappa shape index (κ2) is 7.79. The molecule has 0 atom stereocenters. The molecule has 1 rings (SSSR count). The molecule has 0 aliphatic carbocycles. The zero-order valence-electron chi connectivity index (χ0n) is 12.6.